The topological polar surface area (TPSA) is 141 Å². The van der Waals surface area contributed by atoms with Gasteiger partial charge in [-0.25, -0.2) is 8.42 Å². The monoisotopic (exact) mass is 465 g/mol. The van der Waals surface area contributed by atoms with E-state index in [1.54, 1.807) is 36.4 Å². The molecule has 4 rings (SSSR count). The van der Waals surface area contributed by atoms with Gasteiger partial charge in [-0.1, -0.05) is 12.1 Å². The van der Waals surface area contributed by atoms with Gasteiger partial charge >= 0.3 is 0 Å². The molecule has 0 spiro atoms. The predicted molar refractivity (Wildman–Crippen MR) is 123 cm³/mol. The number of carbonyl (C=O) groups excluding carboxylic acids is 2. The van der Waals surface area contributed by atoms with Gasteiger partial charge in [-0.3, -0.25) is 14.3 Å². The molecule has 10 heteroatoms. The third-order valence-corrected chi connectivity index (χ3v) is 6.22. The first-order valence-electron chi connectivity index (χ1n) is 9.68. The van der Waals surface area contributed by atoms with Crippen molar-refractivity contribution in [3.05, 3.63) is 84.1 Å². The molecule has 0 radical (unpaired) electrons. The molecular weight excluding hydrogens is 446 g/mol. The third-order valence-electron chi connectivity index (χ3n) is 4.83. The number of nitrogens with two attached hydrogens (primary N) is 1. The number of hydrogen-bond donors (Lipinski definition) is 3. The Hall–Kier alpha value is -4.31. The molecule has 0 aliphatic carbocycles. The molecule has 2 amide bonds. The van der Waals surface area contributed by atoms with E-state index in [9.17, 15) is 18.0 Å². The fourth-order valence-corrected chi connectivity index (χ4v) is 4.25. The number of nitrogens with one attached hydrogen (secondary N) is 2. The van der Waals surface area contributed by atoms with Crippen molar-refractivity contribution in [2.45, 2.75) is 4.90 Å². The summed E-state index contributed by atoms with van der Waals surface area (Å²) in [5, 5.41) is 3.18. The highest BCUT2D eigenvalue weighted by atomic mass is 32.2. The Morgan fingerprint density at radius 2 is 1.61 bits per heavy atom. The van der Waals surface area contributed by atoms with Crippen LogP contribution in [0.5, 0.6) is 5.75 Å². The molecule has 1 aromatic heterocycles. The number of benzene rings is 3. The zero-order chi connectivity index (χ0) is 23.6. The van der Waals surface area contributed by atoms with Gasteiger partial charge in [0.1, 0.15) is 17.0 Å². The molecule has 1 heterocycles. The van der Waals surface area contributed by atoms with E-state index in [1.807, 2.05) is 0 Å². The zero-order valence-electron chi connectivity index (χ0n) is 17.4. The molecule has 0 fully saturated rings. The quantitative estimate of drug-likeness (QED) is 0.381. The van der Waals surface area contributed by atoms with Crippen LogP contribution >= 0.6 is 0 Å². The van der Waals surface area contributed by atoms with Crippen LogP contribution in [0.25, 0.3) is 11.0 Å². The van der Waals surface area contributed by atoms with Gasteiger partial charge in [0.25, 0.3) is 21.8 Å². The molecule has 168 valence electrons. The normalized spacial score (nSPS) is 11.2. The fraction of sp³-hybridized carbons (Fsp3) is 0.0435. The van der Waals surface area contributed by atoms with Crippen LogP contribution in [0, 0.1) is 0 Å². The number of primary amides is 1. The number of anilines is 2. The number of carbonyl (C=O) groups is 2. The summed E-state index contributed by atoms with van der Waals surface area (Å²) in [4.78, 5) is 24.6. The molecule has 0 unspecified atom stereocenters. The van der Waals surface area contributed by atoms with Crippen molar-refractivity contribution in [2.75, 3.05) is 17.1 Å². The molecule has 0 saturated carbocycles. The minimum Gasteiger partial charge on any atom is -0.497 e. The smallest absolute Gasteiger partial charge is 0.286 e. The number of fused-ring (bicyclic) bond motifs is 1. The van der Waals surface area contributed by atoms with Crippen LogP contribution in [0.1, 0.15) is 20.9 Å². The Kier molecular flexibility index (Phi) is 5.76. The van der Waals surface area contributed by atoms with Gasteiger partial charge in [-0.05, 0) is 60.7 Å². The Morgan fingerprint density at radius 1 is 0.939 bits per heavy atom. The molecular formula is C23H19N3O6S. The maximum atomic E-state index is 12.8. The Labute approximate surface area is 189 Å². The highest BCUT2D eigenvalue weighted by Crippen LogP contribution is 2.31. The SMILES string of the molecule is COc1ccc(S(=O)(=O)Nc2ccc(C(=O)Nc3c(C(N)=O)oc4ccccc34)cc2)cc1. The van der Waals surface area contributed by atoms with Gasteiger partial charge in [-0.15, -0.1) is 0 Å². The maximum Gasteiger partial charge on any atom is 0.286 e. The van der Waals surface area contributed by atoms with E-state index in [1.165, 1.54) is 43.5 Å². The molecule has 4 aromatic rings. The highest BCUT2D eigenvalue weighted by molar-refractivity contribution is 7.92. The number of rotatable bonds is 7. The lowest BCUT2D eigenvalue weighted by atomic mass is 10.1. The summed E-state index contributed by atoms with van der Waals surface area (Å²) in [5.41, 5.74) is 6.47. The molecule has 9 nitrogen and oxygen atoms in total. The third kappa shape index (κ3) is 4.51. The van der Waals surface area contributed by atoms with Gasteiger partial charge in [0.2, 0.25) is 5.76 Å². The molecule has 0 aliphatic heterocycles. The van der Waals surface area contributed by atoms with Gasteiger partial charge < -0.3 is 20.2 Å². The van der Waals surface area contributed by atoms with Crippen LogP contribution < -0.4 is 20.5 Å². The van der Waals surface area contributed by atoms with Gasteiger partial charge in [0.15, 0.2) is 0 Å². The summed E-state index contributed by atoms with van der Waals surface area (Å²) >= 11 is 0. The van der Waals surface area contributed by atoms with E-state index in [0.29, 0.717) is 16.7 Å². The Morgan fingerprint density at radius 3 is 2.24 bits per heavy atom. The van der Waals surface area contributed by atoms with Crippen LogP contribution in [0.15, 0.2) is 82.1 Å². The lowest BCUT2D eigenvalue weighted by Gasteiger charge is -2.10. The Balaban J connectivity index is 1.53. The number of ether oxygens (including phenoxy) is 1. The summed E-state index contributed by atoms with van der Waals surface area (Å²) in [7, 11) is -2.33. The lowest BCUT2D eigenvalue weighted by Crippen LogP contribution is -2.17. The second-order valence-corrected chi connectivity index (χ2v) is 8.66. The maximum absolute atomic E-state index is 12.8. The minimum absolute atomic E-state index is 0.0657. The van der Waals surface area contributed by atoms with E-state index < -0.39 is 21.8 Å². The minimum atomic E-state index is -3.82. The summed E-state index contributed by atoms with van der Waals surface area (Å²) < 4.78 is 38.1. The van der Waals surface area contributed by atoms with Crippen molar-refractivity contribution >= 4 is 44.2 Å². The van der Waals surface area contributed by atoms with Crippen molar-refractivity contribution in [1.82, 2.24) is 0 Å². The molecule has 0 aliphatic rings. The van der Waals surface area contributed by atoms with E-state index in [4.69, 9.17) is 14.9 Å². The number of amides is 2. The lowest BCUT2D eigenvalue weighted by molar-refractivity contribution is 0.0977. The summed E-state index contributed by atoms with van der Waals surface area (Å²) in [6.07, 6.45) is 0. The Bertz CT molecular complexity index is 1440. The van der Waals surface area contributed by atoms with E-state index >= 15 is 0 Å². The number of sulfonamides is 1. The molecule has 0 bridgehead atoms. The van der Waals surface area contributed by atoms with Crippen LogP contribution in [0.4, 0.5) is 11.4 Å². The van der Waals surface area contributed by atoms with Crippen molar-refractivity contribution in [3.8, 4) is 5.75 Å². The second-order valence-electron chi connectivity index (χ2n) is 6.98. The highest BCUT2D eigenvalue weighted by Gasteiger charge is 2.21. The van der Waals surface area contributed by atoms with Gasteiger partial charge in [0, 0.05) is 16.6 Å². The summed E-state index contributed by atoms with van der Waals surface area (Å²) in [6.45, 7) is 0. The van der Waals surface area contributed by atoms with Crippen LogP contribution in [0.3, 0.4) is 0 Å². The largest absolute Gasteiger partial charge is 0.497 e. The van der Waals surface area contributed by atoms with Gasteiger partial charge in [0.05, 0.1) is 12.0 Å². The van der Waals surface area contributed by atoms with Crippen LogP contribution in [0.2, 0.25) is 0 Å². The number of furan rings is 1. The number of hydrogen-bond acceptors (Lipinski definition) is 6. The average Bonchev–Trinajstić information content (AvgIpc) is 3.18. The first kappa shape index (κ1) is 21.9. The summed E-state index contributed by atoms with van der Waals surface area (Å²) in [5.74, 6) is -0.957. The van der Waals surface area contributed by atoms with Gasteiger partial charge in [-0.2, -0.15) is 0 Å². The first-order valence-corrected chi connectivity index (χ1v) is 11.2. The first-order chi connectivity index (χ1) is 15.8. The average molecular weight is 465 g/mol. The number of methoxy groups -OCH3 is 1. The fourth-order valence-electron chi connectivity index (χ4n) is 3.19. The van der Waals surface area contributed by atoms with Crippen LogP contribution in [-0.2, 0) is 10.0 Å². The molecule has 3 aromatic carbocycles. The molecule has 0 atom stereocenters. The van der Waals surface area contributed by atoms with Crippen LogP contribution in [-0.4, -0.2) is 27.3 Å². The van der Waals surface area contributed by atoms with E-state index in [-0.39, 0.29) is 27.6 Å². The molecule has 0 saturated heterocycles. The summed E-state index contributed by atoms with van der Waals surface area (Å²) in [6, 6.07) is 18.6. The van der Waals surface area contributed by atoms with E-state index in [2.05, 4.69) is 10.0 Å². The van der Waals surface area contributed by atoms with Crippen molar-refractivity contribution in [2.24, 2.45) is 5.73 Å². The molecule has 33 heavy (non-hydrogen) atoms. The predicted octanol–water partition coefficient (Wildman–Crippen LogP) is 3.59. The van der Waals surface area contributed by atoms with Crippen molar-refractivity contribution in [1.29, 1.82) is 0 Å². The second kappa shape index (κ2) is 8.67. The van der Waals surface area contributed by atoms with Crippen molar-refractivity contribution < 1.29 is 27.2 Å². The van der Waals surface area contributed by atoms with Crippen molar-refractivity contribution in [3.63, 3.8) is 0 Å². The standard InChI is InChI=1S/C23H19N3O6S/c1-31-16-10-12-17(13-11-16)33(29,30)26-15-8-6-14(7-9-15)23(28)25-20-18-4-2-3-5-19(18)32-21(20)22(24)27/h2-13,26H,1H3,(H2,24,27)(H,25,28). The zero-order valence-corrected chi connectivity index (χ0v) is 18.2. The van der Waals surface area contributed by atoms with E-state index in [0.717, 1.165) is 0 Å². The molecule has 4 N–H and O–H groups in total. The number of para-hydroxylation sites is 1.